The van der Waals surface area contributed by atoms with Crippen LogP contribution >= 0.6 is 11.3 Å². The molecule has 2 aromatic heterocycles. The molecule has 0 spiro atoms. The van der Waals surface area contributed by atoms with Gasteiger partial charge in [0.1, 0.15) is 0 Å². The molecule has 1 saturated heterocycles. The SMILES string of the molecule is c1cnc2cc(-c3ccc(CN4CCCC4)cc3)sc2c1. The van der Waals surface area contributed by atoms with E-state index in [1.54, 1.807) is 0 Å². The van der Waals surface area contributed by atoms with Crippen LogP contribution in [0, 0.1) is 0 Å². The Morgan fingerprint density at radius 3 is 2.62 bits per heavy atom. The van der Waals surface area contributed by atoms with Gasteiger partial charge in [-0.15, -0.1) is 11.3 Å². The van der Waals surface area contributed by atoms with E-state index in [2.05, 4.69) is 46.3 Å². The number of thiophene rings is 1. The van der Waals surface area contributed by atoms with Crippen LogP contribution in [0.2, 0.25) is 0 Å². The Bertz CT molecular complexity index is 706. The van der Waals surface area contributed by atoms with Crippen LogP contribution in [-0.4, -0.2) is 23.0 Å². The second-order valence-electron chi connectivity index (χ2n) is 5.68. The molecule has 1 aliphatic rings. The number of benzene rings is 1. The zero-order chi connectivity index (χ0) is 14.1. The highest BCUT2D eigenvalue weighted by Crippen LogP contribution is 2.32. The third-order valence-corrected chi connectivity index (χ3v) is 5.27. The molecule has 0 aliphatic carbocycles. The molecule has 0 saturated carbocycles. The maximum atomic E-state index is 4.42. The summed E-state index contributed by atoms with van der Waals surface area (Å²) in [5, 5.41) is 0. The average Bonchev–Trinajstić information content (AvgIpc) is 3.16. The molecule has 0 radical (unpaired) electrons. The molecule has 4 rings (SSSR count). The second-order valence-corrected chi connectivity index (χ2v) is 6.76. The number of rotatable bonds is 3. The van der Waals surface area contributed by atoms with Crippen molar-refractivity contribution in [2.45, 2.75) is 19.4 Å². The minimum atomic E-state index is 1.09. The highest BCUT2D eigenvalue weighted by atomic mass is 32.1. The largest absolute Gasteiger partial charge is 0.299 e. The van der Waals surface area contributed by atoms with E-state index < -0.39 is 0 Å². The normalized spacial score (nSPS) is 15.8. The van der Waals surface area contributed by atoms with E-state index in [-0.39, 0.29) is 0 Å². The molecule has 1 aliphatic heterocycles. The number of fused-ring (bicyclic) bond motifs is 1. The quantitative estimate of drug-likeness (QED) is 0.704. The number of pyridine rings is 1. The first-order valence-corrected chi connectivity index (χ1v) is 8.36. The number of likely N-dealkylation sites (tertiary alicyclic amines) is 1. The lowest BCUT2D eigenvalue weighted by molar-refractivity contribution is 0.331. The molecule has 0 atom stereocenters. The lowest BCUT2D eigenvalue weighted by atomic mass is 10.1. The summed E-state index contributed by atoms with van der Waals surface area (Å²) in [6.07, 6.45) is 4.57. The summed E-state index contributed by atoms with van der Waals surface area (Å²) in [5.74, 6) is 0. The van der Waals surface area contributed by atoms with Gasteiger partial charge in [0.2, 0.25) is 0 Å². The Hall–Kier alpha value is -1.71. The van der Waals surface area contributed by atoms with Crippen molar-refractivity contribution in [3.8, 4) is 10.4 Å². The van der Waals surface area contributed by atoms with Crippen LogP contribution in [0.25, 0.3) is 20.7 Å². The smallest absolute Gasteiger partial charge is 0.0816 e. The van der Waals surface area contributed by atoms with E-state index in [4.69, 9.17) is 0 Å². The molecule has 1 fully saturated rings. The number of hydrogen-bond acceptors (Lipinski definition) is 3. The van der Waals surface area contributed by atoms with Gasteiger partial charge >= 0.3 is 0 Å². The minimum Gasteiger partial charge on any atom is -0.299 e. The van der Waals surface area contributed by atoms with Gasteiger partial charge in [0.25, 0.3) is 0 Å². The van der Waals surface area contributed by atoms with Gasteiger partial charge in [-0.05, 0) is 55.3 Å². The molecule has 3 heteroatoms. The lowest BCUT2D eigenvalue weighted by Gasteiger charge is -2.14. The third-order valence-electron chi connectivity index (χ3n) is 4.13. The first kappa shape index (κ1) is 13.0. The summed E-state index contributed by atoms with van der Waals surface area (Å²) in [4.78, 5) is 8.26. The van der Waals surface area contributed by atoms with Crippen molar-refractivity contribution < 1.29 is 0 Å². The fourth-order valence-corrected chi connectivity index (χ4v) is 4.01. The second kappa shape index (κ2) is 5.58. The first-order valence-electron chi connectivity index (χ1n) is 7.55. The number of nitrogens with zero attached hydrogens (tertiary/aromatic N) is 2. The highest BCUT2D eigenvalue weighted by molar-refractivity contribution is 7.22. The fourth-order valence-electron chi connectivity index (χ4n) is 2.99. The fraction of sp³-hybridized carbons (Fsp3) is 0.278. The zero-order valence-electron chi connectivity index (χ0n) is 12.0. The van der Waals surface area contributed by atoms with Gasteiger partial charge in [0.15, 0.2) is 0 Å². The van der Waals surface area contributed by atoms with Crippen molar-refractivity contribution in [1.82, 2.24) is 9.88 Å². The van der Waals surface area contributed by atoms with Crippen LogP contribution in [0.4, 0.5) is 0 Å². The molecule has 106 valence electrons. The molecule has 3 heterocycles. The van der Waals surface area contributed by atoms with Gasteiger partial charge in [-0.25, -0.2) is 0 Å². The summed E-state index contributed by atoms with van der Waals surface area (Å²) in [6.45, 7) is 3.60. The molecule has 0 amide bonds. The van der Waals surface area contributed by atoms with Crippen LogP contribution in [0.15, 0.2) is 48.7 Å². The standard InChI is InChI=1S/C18H18N2S/c1-2-11-20(10-1)13-14-5-7-15(8-6-14)18-12-16-17(21-18)4-3-9-19-16/h3-9,12H,1-2,10-11,13H2. The average molecular weight is 294 g/mol. The minimum absolute atomic E-state index is 1.09. The first-order chi connectivity index (χ1) is 10.4. The summed E-state index contributed by atoms with van der Waals surface area (Å²) in [7, 11) is 0. The zero-order valence-corrected chi connectivity index (χ0v) is 12.8. The van der Waals surface area contributed by atoms with Crippen molar-refractivity contribution in [1.29, 1.82) is 0 Å². The monoisotopic (exact) mass is 294 g/mol. The Kier molecular flexibility index (Phi) is 3.45. The van der Waals surface area contributed by atoms with Gasteiger partial charge in [-0.3, -0.25) is 9.88 Å². The molecular formula is C18H18N2S. The maximum absolute atomic E-state index is 4.42. The van der Waals surface area contributed by atoms with Crippen molar-refractivity contribution in [2.24, 2.45) is 0 Å². The molecule has 2 nitrogen and oxygen atoms in total. The topological polar surface area (TPSA) is 16.1 Å². The van der Waals surface area contributed by atoms with Gasteiger partial charge < -0.3 is 0 Å². The van der Waals surface area contributed by atoms with Crippen LogP contribution in [0.3, 0.4) is 0 Å². The molecule has 1 aromatic carbocycles. The lowest BCUT2D eigenvalue weighted by Crippen LogP contribution is -2.18. The predicted octanol–water partition coefficient (Wildman–Crippen LogP) is 4.56. The maximum Gasteiger partial charge on any atom is 0.0816 e. The summed E-state index contributed by atoms with van der Waals surface area (Å²) < 4.78 is 1.26. The van der Waals surface area contributed by atoms with E-state index in [1.165, 1.54) is 46.6 Å². The summed E-state index contributed by atoms with van der Waals surface area (Å²) in [6, 6.07) is 15.4. The van der Waals surface area contributed by atoms with E-state index >= 15 is 0 Å². The summed E-state index contributed by atoms with van der Waals surface area (Å²) >= 11 is 1.82. The number of aromatic nitrogens is 1. The number of hydrogen-bond donors (Lipinski definition) is 0. The van der Waals surface area contributed by atoms with Crippen molar-refractivity contribution in [3.05, 3.63) is 54.2 Å². The van der Waals surface area contributed by atoms with Crippen LogP contribution < -0.4 is 0 Å². The van der Waals surface area contributed by atoms with E-state index in [0.29, 0.717) is 0 Å². The molecule has 0 N–H and O–H groups in total. The Labute approximate surface area is 129 Å². The van der Waals surface area contributed by atoms with Gasteiger partial charge in [0, 0.05) is 17.6 Å². The van der Waals surface area contributed by atoms with Crippen LogP contribution in [0.1, 0.15) is 18.4 Å². The molecular weight excluding hydrogens is 276 g/mol. The van der Waals surface area contributed by atoms with E-state index in [0.717, 1.165) is 12.1 Å². The third kappa shape index (κ3) is 2.71. The van der Waals surface area contributed by atoms with Gasteiger partial charge in [-0.2, -0.15) is 0 Å². The van der Waals surface area contributed by atoms with Gasteiger partial charge in [-0.1, -0.05) is 24.3 Å². The molecule has 3 aromatic rings. The van der Waals surface area contributed by atoms with Crippen molar-refractivity contribution in [3.63, 3.8) is 0 Å². The Balaban J connectivity index is 1.57. The highest BCUT2D eigenvalue weighted by Gasteiger charge is 2.11. The Morgan fingerprint density at radius 2 is 1.86 bits per heavy atom. The summed E-state index contributed by atoms with van der Waals surface area (Å²) in [5.41, 5.74) is 3.81. The molecule has 21 heavy (non-hydrogen) atoms. The van der Waals surface area contributed by atoms with Crippen molar-refractivity contribution in [2.75, 3.05) is 13.1 Å². The predicted molar refractivity (Wildman–Crippen MR) is 89.6 cm³/mol. The van der Waals surface area contributed by atoms with Crippen LogP contribution in [0.5, 0.6) is 0 Å². The van der Waals surface area contributed by atoms with Crippen LogP contribution in [-0.2, 0) is 6.54 Å². The van der Waals surface area contributed by atoms with Crippen molar-refractivity contribution >= 4 is 21.6 Å². The Morgan fingerprint density at radius 1 is 1.05 bits per heavy atom. The molecule has 0 unspecified atom stereocenters. The van der Waals surface area contributed by atoms with E-state index in [9.17, 15) is 0 Å². The van der Waals surface area contributed by atoms with E-state index in [1.807, 2.05) is 23.6 Å². The van der Waals surface area contributed by atoms with Gasteiger partial charge in [0.05, 0.1) is 10.2 Å². The molecule has 0 bridgehead atoms.